The van der Waals surface area contributed by atoms with Crippen molar-refractivity contribution >= 4 is 41.0 Å². The van der Waals surface area contributed by atoms with Gasteiger partial charge in [0.25, 0.3) is 0 Å². The van der Waals surface area contributed by atoms with Crippen molar-refractivity contribution in [2.75, 3.05) is 31.6 Å². The Morgan fingerprint density at radius 3 is 2.44 bits per heavy atom. The summed E-state index contributed by atoms with van der Waals surface area (Å²) in [6.45, 7) is -1.29. The molecule has 3 fully saturated rings. The Balaban J connectivity index is 1.46. The SMILES string of the molecule is [2H]C([2H])([2H])Oc1cc([C@H](Cc2c(Cl)c[n+](O)cc2Cl)c2cc(CN(C(=O)O[C@H]3CN4CCC3CC4)c3ccccc3F)ccc2C(=O)[O-])ccc1OC(F)F. The maximum atomic E-state index is 15.3. The predicted molar refractivity (Wildman–Crippen MR) is 182 cm³/mol. The number of rotatable bonds is 12. The molecule has 2 atom stereocenters. The summed E-state index contributed by atoms with van der Waals surface area (Å²) in [7, 11) is -3.11. The molecule has 4 heterocycles. The van der Waals surface area contributed by atoms with Crippen molar-refractivity contribution in [2.45, 2.75) is 44.4 Å². The molecule has 0 saturated carbocycles. The molecule has 3 aromatic carbocycles. The van der Waals surface area contributed by atoms with Crippen molar-refractivity contribution < 1.29 is 56.1 Å². The molecule has 7 rings (SSSR count). The molecule has 0 unspecified atom stereocenters. The number of fused-ring (bicyclic) bond motifs is 3. The van der Waals surface area contributed by atoms with E-state index in [2.05, 4.69) is 9.64 Å². The number of pyridine rings is 1. The molecular formula is C37H34Cl2F3N3O7. The number of aromatic nitrogens is 1. The van der Waals surface area contributed by atoms with E-state index in [0.717, 1.165) is 55.4 Å². The minimum absolute atomic E-state index is 0.0342. The van der Waals surface area contributed by atoms with Crippen molar-refractivity contribution in [1.82, 2.24) is 4.90 Å². The zero-order chi connectivity index (χ0) is 39.6. The maximum absolute atomic E-state index is 15.3. The summed E-state index contributed by atoms with van der Waals surface area (Å²) in [6.07, 6.45) is 2.54. The molecule has 3 saturated heterocycles. The topological polar surface area (TPSA) is 115 Å². The molecule has 0 aliphatic carbocycles. The molecule has 3 aliphatic heterocycles. The van der Waals surface area contributed by atoms with Crippen LogP contribution in [0.3, 0.4) is 0 Å². The van der Waals surface area contributed by atoms with E-state index in [-0.39, 0.29) is 56.9 Å². The number of nitrogens with zero attached hydrogens (tertiary/aromatic N) is 3. The number of hydrogen-bond acceptors (Lipinski definition) is 8. The first-order valence-corrected chi connectivity index (χ1v) is 17.0. The molecule has 15 heteroatoms. The number of benzene rings is 3. The van der Waals surface area contributed by atoms with Crippen LogP contribution in [0.25, 0.3) is 0 Å². The summed E-state index contributed by atoms with van der Waals surface area (Å²) in [6, 6.07) is 13.2. The molecule has 274 valence electrons. The van der Waals surface area contributed by atoms with Crippen molar-refractivity contribution in [3.63, 3.8) is 0 Å². The van der Waals surface area contributed by atoms with Crippen LogP contribution in [-0.2, 0) is 17.7 Å². The number of carboxylic acid groups (broad SMARTS) is 1. The Hall–Kier alpha value is -4.72. The largest absolute Gasteiger partial charge is 0.545 e. The van der Waals surface area contributed by atoms with Gasteiger partial charge in [-0.25, -0.2) is 9.18 Å². The van der Waals surface area contributed by atoms with Crippen LogP contribution in [0.1, 0.15) is 55.5 Å². The highest BCUT2D eigenvalue weighted by molar-refractivity contribution is 6.35. The van der Waals surface area contributed by atoms with Gasteiger partial charge in [-0.1, -0.05) is 59.6 Å². The van der Waals surface area contributed by atoms with E-state index >= 15 is 4.39 Å². The highest BCUT2D eigenvalue weighted by Crippen LogP contribution is 2.40. The molecule has 4 aromatic rings. The maximum Gasteiger partial charge on any atom is 0.415 e. The highest BCUT2D eigenvalue weighted by atomic mass is 35.5. The lowest BCUT2D eigenvalue weighted by Crippen LogP contribution is -2.53. The molecule has 1 aromatic heterocycles. The van der Waals surface area contributed by atoms with Gasteiger partial charge in [0.2, 0.25) is 12.4 Å². The number of amides is 1. The summed E-state index contributed by atoms with van der Waals surface area (Å²) in [5.41, 5.74) is 0.278. The van der Waals surface area contributed by atoms with E-state index in [4.69, 9.17) is 36.8 Å². The summed E-state index contributed by atoms with van der Waals surface area (Å²) in [5.74, 6) is -4.50. The first kappa shape index (κ1) is 33.1. The number of anilines is 1. The smallest absolute Gasteiger partial charge is 0.415 e. The van der Waals surface area contributed by atoms with Crippen LogP contribution in [-0.4, -0.2) is 61.6 Å². The molecule has 1 amide bonds. The Kier molecular flexibility index (Phi) is 10.1. The second kappa shape index (κ2) is 15.9. The standard InChI is InChI=1S/C37H34Cl2F3N3O7/c1-50-33-15-23(7-9-32(33)51-36(41)42)25(16-27-28(38)18-44(49)19-29(27)39)26-14-21(6-8-24(26)35(46)47)17-45(31-5-3-2-4-30(31)40)37(48)52-34-20-43-12-10-22(34)11-13-43/h2-9,14-15,18-19,22,25,34,36H,10-13,16-17,20H2,1H3,(H-,46,47,49)/t25-,34-/m0/s1/i1D3. The number of piperidine rings is 3. The number of carbonyl (C=O) groups is 2. The first-order chi connectivity index (χ1) is 26.1. The zero-order valence-electron chi connectivity index (χ0n) is 30.3. The fourth-order valence-corrected chi connectivity index (χ4v) is 7.49. The van der Waals surface area contributed by atoms with E-state index in [0.29, 0.717) is 16.8 Å². The molecule has 0 radical (unpaired) electrons. The summed E-state index contributed by atoms with van der Waals surface area (Å²) in [4.78, 5) is 29.9. The minimum atomic E-state index is -3.34. The van der Waals surface area contributed by atoms with Gasteiger partial charge in [0.15, 0.2) is 11.5 Å². The van der Waals surface area contributed by atoms with Gasteiger partial charge in [-0.15, -0.1) is 0 Å². The van der Waals surface area contributed by atoms with E-state index in [1.165, 1.54) is 42.5 Å². The number of aromatic carboxylic acids is 1. The van der Waals surface area contributed by atoms with Crippen LogP contribution in [0.4, 0.5) is 23.7 Å². The molecule has 0 spiro atoms. The van der Waals surface area contributed by atoms with Crippen LogP contribution in [0.15, 0.2) is 73.1 Å². The van der Waals surface area contributed by atoms with Gasteiger partial charge in [0.05, 0.1) is 29.4 Å². The van der Waals surface area contributed by atoms with Crippen LogP contribution < -0.4 is 24.2 Å². The van der Waals surface area contributed by atoms with Crippen LogP contribution >= 0.6 is 23.2 Å². The molecule has 2 bridgehead atoms. The Morgan fingerprint density at radius 2 is 1.81 bits per heavy atom. The Labute approximate surface area is 311 Å². The van der Waals surface area contributed by atoms with Gasteiger partial charge in [0, 0.05) is 28.3 Å². The predicted octanol–water partition coefficient (Wildman–Crippen LogP) is 6.24. The van der Waals surface area contributed by atoms with Crippen molar-refractivity contribution in [2.24, 2.45) is 5.92 Å². The lowest BCUT2D eigenvalue weighted by molar-refractivity contribution is -0.904. The normalized spacial score (nSPS) is 19.7. The molecule has 10 nitrogen and oxygen atoms in total. The fraction of sp³-hybridized carbons (Fsp3) is 0.324. The van der Waals surface area contributed by atoms with Crippen molar-refractivity contribution in [3.8, 4) is 11.5 Å². The summed E-state index contributed by atoms with van der Waals surface area (Å²) >= 11 is 13.0. The number of hydrogen-bond donors (Lipinski definition) is 1. The monoisotopic (exact) mass is 762 g/mol. The van der Waals surface area contributed by atoms with Gasteiger partial charge < -0.3 is 24.1 Å². The van der Waals surface area contributed by atoms with Gasteiger partial charge in [-0.3, -0.25) is 15.0 Å². The summed E-state index contributed by atoms with van der Waals surface area (Å²) in [5, 5.41) is 22.6. The molecule has 52 heavy (non-hydrogen) atoms. The van der Waals surface area contributed by atoms with Gasteiger partial charge >= 0.3 is 12.7 Å². The van der Waals surface area contributed by atoms with E-state index in [9.17, 15) is 28.7 Å². The number of carboxylic acids is 1. The third kappa shape index (κ3) is 8.16. The highest BCUT2D eigenvalue weighted by Gasteiger charge is 2.38. The number of para-hydroxylation sites is 1. The molecule has 1 N–H and O–H groups in total. The lowest BCUT2D eigenvalue weighted by Gasteiger charge is -2.44. The average Bonchev–Trinajstić information content (AvgIpc) is 3.11. The average molecular weight is 764 g/mol. The number of carbonyl (C=O) groups excluding carboxylic acids is 2. The van der Waals surface area contributed by atoms with Crippen LogP contribution in [0, 0.1) is 11.7 Å². The number of methoxy groups -OCH3 is 1. The second-order valence-electron chi connectivity index (χ2n) is 12.6. The fourth-order valence-electron chi connectivity index (χ4n) is 6.88. The Bertz CT molecular complexity index is 2050. The third-order valence-electron chi connectivity index (χ3n) is 9.44. The summed E-state index contributed by atoms with van der Waals surface area (Å²) < 4.78 is 80.9. The van der Waals surface area contributed by atoms with Gasteiger partial charge in [-0.05, 0) is 79.2 Å². The van der Waals surface area contributed by atoms with E-state index in [1.54, 1.807) is 6.07 Å². The van der Waals surface area contributed by atoms with Crippen LogP contribution in [0.2, 0.25) is 10.0 Å². The molecule has 3 aliphatic rings. The number of halogens is 5. The third-order valence-corrected chi connectivity index (χ3v) is 10.1. The van der Waals surface area contributed by atoms with Gasteiger partial charge in [0.1, 0.15) is 22.0 Å². The van der Waals surface area contributed by atoms with Crippen molar-refractivity contribution in [3.05, 3.63) is 117 Å². The second-order valence-corrected chi connectivity index (χ2v) is 13.4. The number of ether oxygens (including phenoxy) is 3. The molecular weight excluding hydrogens is 726 g/mol. The first-order valence-electron chi connectivity index (χ1n) is 17.7. The van der Waals surface area contributed by atoms with E-state index in [1.807, 2.05) is 0 Å². The number of alkyl halides is 2. The zero-order valence-corrected chi connectivity index (χ0v) is 28.8. The van der Waals surface area contributed by atoms with Crippen molar-refractivity contribution in [1.29, 1.82) is 0 Å². The minimum Gasteiger partial charge on any atom is -0.545 e. The van der Waals surface area contributed by atoms with E-state index < -0.39 is 55.1 Å². The van der Waals surface area contributed by atoms with Crippen LogP contribution in [0.5, 0.6) is 11.5 Å². The Morgan fingerprint density at radius 1 is 1.08 bits per heavy atom. The quantitative estimate of drug-likeness (QED) is 0.133. The van der Waals surface area contributed by atoms with Gasteiger partial charge in [-0.2, -0.15) is 8.78 Å². The lowest BCUT2D eigenvalue weighted by atomic mass is 9.82.